The van der Waals surface area contributed by atoms with Crippen molar-refractivity contribution < 1.29 is 14.3 Å². The SMILES string of the molecule is COc1ccc(CNC(=O)c2cccc(NC(=O)NC(C)C)c2)cc1. The van der Waals surface area contributed by atoms with E-state index in [1.165, 1.54) is 0 Å². The fraction of sp³-hybridized carbons (Fsp3) is 0.263. The smallest absolute Gasteiger partial charge is 0.319 e. The second kappa shape index (κ2) is 8.73. The number of rotatable bonds is 6. The number of amides is 3. The van der Waals surface area contributed by atoms with E-state index in [2.05, 4.69) is 16.0 Å². The number of hydrogen-bond acceptors (Lipinski definition) is 3. The molecule has 2 rings (SSSR count). The summed E-state index contributed by atoms with van der Waals surface area (Å²) >= 11 is 0. The van der Waals surface area contributed by atoms with Crippen LogP contribution in [0.2, 0.25) is 0 Å². The molecule has 0 unspecified atom stereocenters. The molecule has 25 heavy (non-hydrogen) atoms. The molecule has 2 aromatic carbocycles. The van der Waals surface area contributed by atoms with Gasteiger partial charge in [-0.25, -0.2) is 4.79 Å². The van der Waals surface area contributed by atoms with Crippen LogP contribution < -0.4 is 20.7 Å². The molecule has 0 aliphatic carbocycles. The molecule has 0 aromatic heterocycles. The number of hydrogen-bond donors (Lipinski definition) is 3. The molecule has 0 atom stereocenters. The Morgan fingerprint density at radius 1 is 1.08 bits per heavy atom. The zero-order chi connectivity index (χ0) is 18.2. The van der Waals surface area contributed by atoms with E-state index in [0.717, 1.165) is 11.3 Å². The number of carbonyl (C=O) groups excluding carboxylic acids is 2. The maximum atomic E-state index is 12.3. The molecule has 0 fully saturated rings. The first kappa shape index (κ1) is 18.3. The Hall–Kier alpha value is -3.02. The summed E-state index contributed by atoms with van der Waals surface area (Å²) in [5.41, 5.74) is 2.02. The van der Waals surface area contributed by atoms with Crippen molar-refractivity contribution in [2.75, 3.05) is 12.4 Å². The topological polar surface area (TPSA) is 79.5 Å². The van der Waals surface area contributed by atoms with Gasteiger partial charge in [0.2, 0.25) is 0 Å². The molecule has 0 saturated heterocycles. The van der Waals surface area contributed by atoms with Crippen LogP contribution in [-0.4, -0.2) is 25.1 Å². The Balaban J connectivity index is 1.94. The van der Waals surface area contributed by atoms with Crippen molar-refractivity contribution in [3.63, 3.8) is 0 Å². The van der Waals surface area contributed by atoms with Gasteiger partial charge < -0.3 is 20.7 Å². The highest BCUT2D eigenvalue weighted by atomic mass is 16.5. The van der Waals surface area contributed by atoms with Crippen molar-refractivity contribution in [3.05, 3.63) is 59.7 Å². The van der Waals surface area contributed by atoms with Gasteiger partial charge in [0, 0.05) is 23.8 Å². The summed E-state index contributed by atoms with van der Waals surface area (Å²) in [7, 11) is 1.61. The average molecular weight is 341 g/mol. The third kappa shape index (κ3) is 5.84. The van der Waals surface area contributed by atoms with Crippen molar-refractivity contribution >= 4 is 17.6 Å². The van der Waals surface area contributed by atoms with Crippen molar-refractivity contribution in [3.8, 4) is 5.75 Å². The molecule has 0 bridgehead atoms. The van der Waals surface area contributed by atoms with Crippen LogP contribution in [0.3, 0.4) is 0 Å². The molecule has 0 heterocycles. The van der Waals surface area contributed by atoms with Crippen LogP contribution in [0.15, 0.2) is 48.5 Å². The van der Waals surface area contributed by atoms with Gasteiger partial charge in [0.05, 0.1) is 7.11 Å². The van der Waals surface area contributed by atoms with E-state index in [1.807, 2.05) is 38.1 Å². The molecule has 2 aromatic rings. The van der Waals surface area contributed by atoms with Crippen LogP contribution in [0.4, 0.5) is 10.5 Å². The zero-order valence-corrected chi connectivity index (χ0v) is 14.6. The van der Waals surface area contributed by atoms with Crippen molar-refractivity contribution in [2.24, 2.45) is 0 Å². The van der Waals surface area contributed by atoms with Crippen molar-refractivity contribution in [1.82, 2.24) is 10.6 Å². The van der Waals surface area contributed by atoms with Crippen LogP contribution in [0.5, 0.6) is 5.75 Å². The number of methoxy groups -OCH3 is 1. The minimum absolute atomic E-state index is 0.0379. The van der Waals surface area contributed by atoms with Gasteiger partial charge >= 0.3 is 6.03 Å². The largest absolute Gasteiger partial charge is 0.497 e. The van der Waals surface area contributed by atoms with Crippen LogP contribution in [0, 0.1) is 0 Å². The lowest BCUT2D eigenvalue weighted by Crippen LogP contribution is -2.34. The van der Waals surface area contributed by atoms with Gasteiger partial charge in [-0.15, -0.1) is 0 Å². The molecule has 132 valence electrons. The Bertz CT molecular complexity index is 727. The van der Waals surface area contributed by atoms with Gasteiger partial charge in [0.1, 0.15) is 5.75 Å². The van der Waals surface area contributed by atoms with Crippen molar-refractivity contribution in [1.29, 1.82) is 0 Å². The number of benzene rings is 2. The lowest BCUT2D eigenvalue weighted by Gasteiger charge is -2.11. The minimum atomic E-state index is -0.300. The molecule has 6 heteroatoms. The number of ether oxygens (including phenoxy) is 1. The summed E-state index contributed by atoms with van der Waals surface area (Å²) in [6.07, 6.45) is 0. The summed E-state index contributed by atoms with van der Waals surface area (Å²) in [4.78, 5) is 24.0. The minimum Gasteiger partial charge on any atom is -0.497 e. The molecule has 0 radical (unpaired) electrons. The number of nitrogens with one attached hydrogen (secondary N) is 3. The van der Waals surface area contributed by atoms with Gasteiger partial charge in [0.15, 0.2) is 0 Å². The monoisotopic (exact) mass is 341 g/mol. The Labute approximate surface area is 147 Å². The van der Waals surface area contributed by atoms with E-state index in [9.17, 15) is 9.59 Å². The molecule has 0 aliphatic heterocycles. The Morgan fingerprint density at radius 3 is 2.44 bits per heavy atom. The number of anilines is 1. The van der Waals surface area contributed by atoms with E-state index in [-0.39, 0.29) is 18.0 Å². The lowest BCUT2D eigenvalue weighted by molar-refractivity contribution is 0.0951. The van der Waals surface area contributed by atoms with Gasteiger partial charge in [-0.1, -0.05) is 18.2 Å². The molecular formula is C19H23N3O3. The highest BCUT2D eigenvalue weighted by molar-refractivity contribution is 5.96. The highest BCUT2D eigenvalue weighted by Crippen LogP contribution is 2.13. The van der Waals surface area contributed by atoms with E-state index in [4.69, 9.17) is 4.74 Å². The fourth-order valence-corrected chi connectivity index (χ4v) is 2.20. The van der Waals surface area contributed by atoms with Crippen molar-refractivity contribution in [2.45, 2.75) is 26.4 Å². The summed E-state index contributed by atoms with van der Waals surface area (Å²) in [5.74, 6) is 0.567. The lowest BCUT2D eigenvalue weighted by atomic mass is 10.1. The van der Waals surface area contributed by atoms with Gasteiger partial charge in [0.25, 0.3) is 5.91 Å². The second-order valence-electron chi connectivity index (χ2n) is 5.86. The molecule has 6 nitrogen and oxygen atoms in total. The highest BCUT2D eigenvalue weighted by Gasteiger charge is 2.08. The van der Waals surface area contributed by atoms with Gasteiger partial charge in [-0.05, 0) is 49.7 Å². The fourth-order valence-electron chi connectivity index (χ4n) is 2.20. The van der Waals surface area contributed by atoms with Gasteiger partial charge in [-0.3, -0.25) is 4.79 Å². The Kier molecular flexibility index (Phi) is 6.39. The molecular weight excluding hydrogens is 318 g/mol. The molecule has 0 spiro atoms. The molecule has 3 N–H and O–H groups in total. The van der Waals surface area contributed by atoms with E-state index in [1.54, 1.807) is 31.4 Å². The van der Waals surface area contributed by atoms with E-state index in [0.29, 0.717) is 17.8 Å². The molecule has 3 amide bonds. The van der Waals surface area contributed by atoms with E-state index < -0.39 is 0 Å². The zero-order valence-electron chi connectivity index (χ0n) is 14.6. The van der Waals surface area contributed by atoms with Gasteiger partial charge in [-0.2, -0.15) is 0 Å². The van der Waals surface area contributed by atoms with Crippen LogP contribution >= 0.6 is 0 Å². The second-order valence-corrected chi connectivity index (χ2v) is 5.86. The summed E-state index contributed by atoms with van der Waals surface area (Å²) in [6, 6.07) is 14.0. The van der Waals surface area contributed by atoms with E-state index >= 15 is 0 Å². The van der Waals surface area contributed by atoms with Crippen LogP contribution in [-0.2, 0) is 6.54 Å². The molecule has 0 aliphatic rings. The maximum Gasteiger partial charge on any atom is 0.319 e. The normalized spacial score (nSPS) is 10.2. The van der Waals surface area contributed by atoms with Crippen LogP contribution in [0.1, 0.15) is 29.8 Å². The standard InChI is InChI=1S/C19H23N3O3/c1-13(2)21-19(24)22-16-6-4-5-15(11-16)18(23)20-12-14-7-9-17(25-3)10-8-14/h4-11,13H,12H2,1-3H3,(H,20,23)(H2,21,22,24). The first-order valence-corrected chi connectivity index (χ1v) is 8.06. The first-order valence-electron chi connectivity index (χ1n) is 8.06. The third-order valence-corrected chi connectivity index (χ3v) is 3.41. The molecule has 0 saturated carbocycles. The predicted molar refractivity (Wildman–Crippen MR) is 97.9 cm³/mol. The predicted octanol–water partition coefficient (Wildman–Crippen LogP) is 3.16. The third-order valence-electron chi connectivity index (χ3n) is 3.41. The average Bonchev–Trinajstić information content (AvgIpc) is 2.59. The summed E-state index contributed by atoms with van der Waals surface area (Å²) in [5, 5.41) is 8.30. The Morgan fingerprint density at radius 2 is 1.80 bits per heavy atom. The number of carbonyl (C=O) groups is 2. The summed E-state index contributed by atoms with van der Waals surface area (Å²) < 4.78 is 5.11. The number of urea groups is 1. The summed E-state index contributed by atoms with van der Waals surface area (Å²) in [6.45, 7) is 4.17. The quantitative estimate of drug-likeness (QED) is 0.755. The maximum absolute atomic E-state index is 12.3. The first-order chi connectivity index (χ1) is 12.0. The van der Waals surface area contributed by atoms with Crippen LogP contribution in [0.25, 0.3) is 0 Å².